The molecule has 2 amide bonds. The first-order valence-corrected chi connectivity index (χ1v) is 12.9. The molecule has 2 unspecified atom stereocenters. The average molecular weight is 476 g/mol. The normalized spacial score (nSPS) is 24.0. The van der Waals surface area contributed by atoms with Crippen molar-refractivity contribution in [2.75, 3.05) is 19.6 Å². The zero-order valence-corrected chi connectivity index (χ0v) is 20.3. The zero-order valence-electron chi connectivity index (χ0n) is 19.5. The Kier molecular flexibility index (Phi) is 5.29. The molecular formula is C28H30ClN3O2. The van der Waals surface area contributed by atoms with Crippen LogP contribution in [0.25, 0.3) is 11.1 Å². The van der Waals surface area contributed by atoms with Crippen LogP contribution in [-0.4, -0.2) is 52.6 Å². The fourth-order valence-corrected chi connectivity index (χ4v) is 5.64. The maximum Gasteiger partial charge on any atom is 0.256 e. The lowest BCUT2D eigenvalue weighted by molar-refractivity contribution is -0.132. The molecule has 0 radical (unpaired) electrons. The zero-order chi connectivity index (χ0) is 23.4. The van der Waals surface area contributed by atoms with Crippen LogP contribution in [-0.2, 0) is 9.59 Å². The van der Waals surface area contributed by atoms with Gasteiger partial charge in [0.2, 0.25) is 5.91 Å². The molecule has 2 atom stereocenters. The second-order valence-corrected chi connectivity index (χ2v) is 11.0. The number of nitrogens with zero attached hydrogens (tertiary/aromatic N) is 3. The molecule has 5 nitrogen and oxygen atoms in total. The Morgan fingerprint density at radius 1 is 1.09 bits per heavy atom. The fourth-order valence-electron chi connectivity index (χ4n) is 5.45. The molecule has 34 heavy (non-hydrogen) atoms. The molecule has 2 aliphatic carbocycles. The summed E-state index contributed by atoms with van der Waals surface area (Å²) >= 11 is 6.17. The van der Waals surface area contributed by atoms with Crippen molar-refractivity contribution >= 4 is 29.3 Å². The van der Waals surface area contributed by atoms with E-state index in [1.165, 1.54) is 0 Å². The number of carbonyl (C=O) groups excluding carboxylic acids is 2. The third kappa shape index (κ3) is 3.94. The van der Waals surface area contributed by atoms with Gasteiger partial charge in [-0.3, -0.25) is 19.5 Å². The van der Waals surface area contributed by atoms with Crippen LogP contribution in [0, 0.1) is 17.8 Å². The fraction of sp³-hybridized carbons (Fsp3) is 0.464. The molecule has 2 aromatic carbocycles. The number of rotatable bonds is 6. The third-order valence-corrected chi connectivity index (χ3v) is 8.22. The molecule has 2 aromatic rings. The first kappa shape index (κ1) is 21.8. The van der Waals surface area contributed by atoms with Crippen molar-refractivity contribution in [2.45, 2.75) is 44.6 Å². The molecule has 6 heteroatoms. The largest absolute Gasteiger partial charge is 0.342 e. The molecule has 2 saturated carbocycles. The highest BCUT2D eigenvalue weighted by molar-refractivity contribution is 6.30. The van der Waals surface area contributed by atoms with Gasteiger partial charge in [0.15, 0.2) is 0 Å². The quantitative estimate of drug-likeness (QED) is 0.588. The molecule has 1 spiro atoms. The standard InChI is InChI=1S/C28H30ClN3O2/c1-18(23-11-14-31(17-23)26(33)21-9-10-21)16-32-25(30-28(12-13-28)27(32)34)20-7-5-19(6-8-20)22-3-2-4-24(29)15-22/h2-8,15,18,21,23H,9-14,16-17H2,1H3. The first-order chi connectivity index (χ1) is 16.4. The van der Waals surface area contributed by atoms with Gasteiger partial charge in [0, 0.05) is 36.1 Å². The van der Waals surface area contributed by atoms with E-state index < -0.39 is 5.54 Å². The summed E-state index contributed by atoms with van der Waals surface area (Å²) in [5, 5.41) is 0.715. The first-order valence-electron chi connectivity index (χ1n) is 12.5. The lowest BCUT2D eigenvalue weighted by Crippen LogP contribution is -2.41. The van der Waals surface area contributed by atoms with Gasteiger partial charge in [0.25, 0.3) is 5.91 Å². The molecule has 0 N–H and O–H groups in total. The number of amides is 2. The summed E-state index contributed by atoms with van der Waals surface area (Å²) in [4.78, 5) is 34.8. The van der Waals surface area contributed by atoms with Crippen LogP contribution >= 0.6 is 11.6 Å². The van der Waals surface area contributed by atoms with Crippen LogP contribution in [0.2, 0.25) is 5.02 Å². The highest BCUT2D eigenvalue weighted by Crippen LogP contribution is 2.46. The number of carbonyl (C=O) groups is 2. The third-order valence-electron chi connectivity index (χ3n) is 7.98. The van der Waals surface area contributed by atoms with E-state index in [1.54, 1.807) is 0 Å². The summed E-state index contributed by atoms with van der Waals surface area (Å²) in [5.74, 6) is 2.31. The van der Waals surface area contributed by atoms with Gasteiger partial charge in [-0.1, -0.05) is 54.9 Å². The lowest BCUT2D eigenvalue weighted by Gasteiger charge is -2.27. The summed E-state index contributed by atoms with van der Waals surface area (Å²) in [6, 6.07) is 16.1. The Bertz CT molecular complexity index is 1170. The Hall–Kier alpha value is -2.66. The molecular weight excluding hydrogens is 446 g/mol. The summed E-state index contributed by atoms with van der Waals surface area (Å²) in [5.41, 5.74) is 2.61. The van der Waals surface area contributed by atoms with E-state index in [4.69, 9.17) is 16.6 Å². The van der Waals surface area contributed by atoms with Gasteiger partial charge < -0.3 is 4.90 Å². The number of halogens is 1. The van der Waals surface area contributed by atoms with Crippen LogP contribution in [0.5, 0.6) is 0 Å². The summed E-state index contributed by atoms with van der Waals surface area (Å²) in [7, 11) is 0. The van der Waals surface area contributed by atoms with Crippen LogP contribution < -0.4 is 0 Å². The van der Waals surface area contributed by atoms with Gasteiger partial charge in [-0.2, -0.15) is 0 Å². The minimum atomic E-state index is -0.523. The van der Waals surface area contributed by atoms with E-state index >= 15 is 0 Å². The smallest absolute Gasteiger partial charge is 0.256 e. The van der Waals surface area contributed by atoms with E-state index in [0.29, 0.717) is 29.3 Å². The predicted octanol–water partition coefficient (Wildman–Crippen LogP) is 5.02. The lowest BCUT2D eigenvalue weighted by atomic mass is 9.92. The minimum absolute atomic E-state index is 0.150. The van der Waals surface area contributed by atoms with Gasteiger partial charge in [0.1, 0.15) is 11.4 Å². The van der Waals surface area contributed by atoms with E-state index in [-0.39, 0.29) is 11.8 Å². The van der Waals surface area contributed by atoms with E-state index in [1.807, 2.05) is 29.2 Å². The molecule has 1 saturated heterocycles. The van der Waals surface area contributed by atoms with Crippen LogP contribution in [0.15, 0.2) is 53.5 Å². The van der Waals surface area contributed by atoms with Crippen molar-refractivity contribution in [1.29, 1.82) is 0 Å². The monoisotopic (exact) mass is 475 g/mol. The number of amidine groups is 1. The summed E-state index contributed by atoms with van der Waals surface area (Å²) < 4.78 is 0. The maximum atomic E-state index is 13.4. The Labute approximate surface area is 205 Å². The van der Waals surface area contributed by atoms with E-state index in [0.717, 1.165) is 67.7 Å². The Morgan fingerprint density at radius 2 is 1.82 bits per heavy atom. The van der Waals surface area contributed by atoms with Gasteiger partial charge >= 0.3 is 0 Å². The number of benzene rings is 2. The van der Waals surface area contributed by atoms with Crippen LogP contribution in [0.3, 0.4) is 0 Å². The van der Waals surface area contributed by atoms with Gasteiger partial charge in [-0.05, 0) is 67.2 Å². The van der Waals surface area contributed by atoms with Crippen LogP contribution in [0.1, 0.15) is 44.6 Å². The second kappa shape index (κ2) is 8.23. The topological polar surface area (TPSA) is 53.0 Å². The van der Waals surface area contributed by atoms with Crippen molar-refractivity contribution < 1.29 is 9.59 Å². The molecule has 2 heterocycles. The van der Waals surface area contributed by atoms with Crippen LogP contribution in [0.4, 0.5) is 0 Å². The molecule has 176 valence electrons. The number of likely N-dealkylation sites (tertiary alicyclic amines) is 1. The predicted molar refractivity (Wildman–Crippen MR) is 134 cm³/mol. The molecule has 0 bridgehead atoms. The molecule has 3 fully saturated rings. The highest BCUT2D eigenvalue weighted by Gasteiger charge is 2.57. The Morgan fingerprint density at radius 3 is 2.50 bits per heavy atom. The molecule has 4 aliphatic rings. The van der Waals surface area contributed by atoms with Crippen molar-refractivity contribution in [3.8, 4) is 11.1 Å². The minimum Gasteiger partial charge on any atom is -0.342 e. The highest BCUT2D eigenvalue weighted by atomic mass is 35.5. The van der Waals surface area contributed by atoms with Gasteiger partial charge in [-0.15, -0.1) is 0 Å². The summed E-state index contributed by atoms with van der Waals surface area (Å²) in [6.07, 6.45) is 4.81. The maximum absolute atomic E-state index is 13.4. The summed E-state index contributed by atoms with van der Waals surface area (Å²) in [6.45, 7) is 4.56. The average Bonchev–Trinajstić information content (AvgIpc) is 3.76. The van der Waals surface area contributed by atoms with Crippen molar-refractivity contribution in [3.05, 3.63) is 59.1 Å². The molecule has 6 rings (SSSR count). The number of aliphatic imine (C=N–C) groups is 1. The SMILES string of the molecule is CC(CN1C(=O)C2(CC2)N=C1c1ccc(-c2cccc(Cl)c2)cc1)C1CCN(C(=O)C2CC2)C1. The van der Waals surface area contributed by atoms with Crippen molar-refractivity contribution in [2.24, 2.45) is 22.7 Å². The number of hydrogen-bond acceptors (Lipinski definition) is 3. The van der Waals surface area contributed by atoms with E-state index in [2.05, 4.69) is 36.1 Å². The van der Waals surface area contributed by atoms with Crippen molar-refractivity contribution in [3.63, 3.8) is 0 Å². The Balaban J connectivity index is 1.19. The molecule has 0 aromatic heterocycles. The second-order valence-electron chi connectivity index (χ2n) is 10.6. The van der Waals surface area contributed by atoms with Gasteiger partial charge in [0.05, 0.1) is 0 Å². The van der Waals surface area contributed by atoms with Gasteiger partial charge in [-0.25, -0.2) is 0 Å². The number of hydrogen-bond donors (Lipinski definition) is 0. The molecule has 2 aliphatic heterocycles. The van der Waals surface area contributed by atoms with Crippen molar-refractivity contribution in [1.82, 2.24) is 9.80 Å². The van der Waals surface area contributed by atoms with E-state index in [9.17, 15) is 9.59 Å².